The maximum absolute atomic E-state index is 10.8. The number of ether oxygens (including phenoxy) is 1. The molecule has 0 aromatic rings. The van der Waals surface area contributed by atoms with Gasteiger partial charge in [0.15, 0.2) is 0 Å². The van der Waals surface area contributed by atoms with Crippen LogP contribution in [-0.4, -0.2) is 19.8 Å². The predicted octanol–water partition coefficient (Wildman–Crippen LogP) is 2.37. The Balaban J connectivity index is 4.46. The van der Waals surface area contributed by atoms with Gasteiger partial charge in [0.1, 0.15) is 5.73 Å². The molecule has 0 bridgehead atoms. The summed E-state index contributed by atoms with van der Waals surface area (Å²) in [5, 5.41) is 0. The molecule has 12 heavy (non-hydrogen) atoms. The van der Waals surface area contributed by atoms with Gasteiger partial charge in [-0.15, -0.1) is 0 Å². The lowest BCUT2D eigenvalue weighted by Gasteiger charge is -2.28. The van der Waals surface area contributed by atoms with Crippen molar-refractivity contribution >= 4 is 14.0 Å². The first kappa shape index (κ1) is 11.4. The lowest BCUT2D eigenvalue weighted by molar-refractivity contribution is -0.141. The van der Waals surface area contributed by atoms with Crippen LogP contribution in [0.4, 0.5) is 0 Å². The largest absolute Gasteiger partial charge is 0.462 e. The fraction of sp³-hybridized carbons (Fsp3) is 0.667. The van der Waals surface area contributed by atoms with Crippen molar-refractivity contribution in [3.05, 3.63) is 12.2 Å². The van der Waals surface area contributed by atoms with Crippen molar-refractivity contribution in [1.82, 2.24) is 0 Å². The molecule has 0 saturated carbocycles. The second kappa shape index (κ2) is 3.89. The Morgan fingerprint density at radius 1 is 1.33 bits per heavy atom. The molecule has 70 valence electrons. The van der Waals surface area contributed by atoms with E-state index in [1.165, 1.54) is 6.92 Å². The Morgan fingerprint density at radius 3 is 1.83 bits per heavy atom. The average Bonchev–Trinajstić information content (AvgIpc) is 1.79. The monoisotopic (exact) mass is 186 g/mol. The van der Waals surface area contributed by atoms with Gasteiger partial charge in [-0.25, -0.2) is 0 Å². The molecule has 0 heterocycles. The smallest absolute Gasteiger partial charge is 0.302 e. The van der Waals surface area contributed by atoms with Crippen molar-refractivity contribution in [2.45, 2.75) is 39.2 Å². The van der Waals surface area contributed by atoms with Gasteiger partial charge < -0.3 is 4.74 Å². The fourth-order valence-corrected chi connectivity index (χ4v) is 3.18. The third-order valence-electron chi connectivity index (χ3n) is 1.52. The van der Waals surface area contributed by atoms with Crippen molar-refractivity contribution < 1.29 is 9.53 Å². The molecule has 1 atom stereocenters. The molecule has 0 spiro atoms. The molecular formula is C9H18O2Si. The number of hydrogen-bond donors (Lipinski definition) is 0. The average molecular weight is 186 g/mol. The van der Waals surface area contributed by atoms with Gasteiger partial charge >= 0.3 is 5.97 Å². The molecule has 0 rings (SSSR count). The second-order valence-corrected chi connectivity index (χ2v) is 9.46. The van der Waals surface area contributed by atoms with E-state index in [4.69, 9.17) is 4.74 Å². The van der Waals surface area contributed by atoms with Crippen LogP contribution in [0.3, 0.4) is 0 Å². The van der Waals surface area contributed by atoms with E-state index in [2.05, 4.69) is 26.2 Å². The highest BCUT2D eigenvalue weighted by Gasteiger charge is 2.29. The molecule has 0 aliphatic heterocycles. The van der Waals surface area contributed by atoms with E-state index in [0.29, 0.717) is 0 Å². The first-order chi connectivity index (χ1) is 5.25. The van der Waals surface area contributed by atoms with E-state index in [1.54, 1.807) is 0 Å². The van der Waals surface area contributed by atoms with Gasteiger partial charge in [0.05, 0.1) is 8.07 Å². The van der Waals surface area contributed by atoms with Crippen LogP contribution in [0.5, 0.6) is 0 Å². The fourth-order valence-electron chi connectivity index (χ4n) is 1.18. The molecular weight excluding hydrogens is 168 g/mol. The lowest BCUT2D eigenvalue weighted by atomic mass is 10.4. The molecule has 0 fully saturated rings. The van der Waals surface area contributed by atoms with Crippen LogP contribution < -0.4 is 0 Å². The number of carbonyl (C=O) groups is 1. The SMILES string of the molecule is C=C(C)C(OC(C)=O)[Si](C)(C)C. The Labute approximate surface area is 75.6 Å². The minimum Gasteiger partial charge on any atom is -0.462 e. The third kappa shape index (κ3) is 3.71. The van der Waals surface area contributed by atoms with Gasteiger partial charge in [-0.05, 0) is 12.5 Å². The van der Waals surface area contributed by atoms with Crippen LogP contribution in [0.25, 0.3) is 0 Å². The first-order valence-electron chi connectivity index (χ1n) is 4.07. The molecule has 0 aromatic carbocycles. The molecule has 0 amide bonds. The Bertz CT molecular complexity index is 191. The maximum Gasteiger partial charge on any atom is 0.302 e. The van der Waals surface area contributed by atoms with Crippen LogP contribution in [-0.2, 0) is 9.53 Å². The maximum atomic E-state index is 10.8. The first-order valence-corrected chi connectivity index (χ1v) is 7.65. The molecule has 0 aliphatic carbocycles. The molecule has 0 aromatic heterocycles. The molecule has 1 unspecified atom stereocenters. The lowest BCUT2D eigenvalue weighted by Crippen LogP contribution is -2.41. The van der Waals surface area contributed by atoms with Crippen LogP contribution in [0.15, 0.2) is 12.2 Å². The Morgan fingerprint density at radius 2 is 1.75 bits per heavy atom. The third-order valence-corrected chi connectivity index (χ3v) is 3.70. The molecule has 3 heteroatoms. The van der Waals surface area contributed by atoms with E-state index >= 15 is 0 Å². The van der Waals surface area contributed by atoms with E-state index in [9.17, 15) is 4.79 Å². The number of hydrogen-bond acceptors (Lipinski definition) is 2. The van der Waals surface area contributed by atoms with Crippen LogP contribution in [0.1, 0.15) is 13.8 Å². The zero-order valence-electron chi connectivity index (χ0n) is 8.60. The summed E-state index contributed by atoms with van der Waals surface area (Å²) in [5.74, 6) is -0.217. The summed E-state index contributed by atoms with van der Waals surface area (Å²) in [6.45, 7) is 13.7. The minimum atomic E-state index is -1.46. The summed E-state index contributed by atoms with van der Waals surface area (Å²) in [4.78, 5) is 10.8. The van der Waals surface area contributed by atoms with Crippen molar-refractivity contribution in [2.75, 3.05) is 0 Å². The quantitative estimate of drug-likeness (QED) is 0.384. The van der Waals surface area contributed by atoms with Crippen molar-refractivity contribution in [2.24, 2.45) is 0 Å². The Hall–Kier alpha value is -0.573. The van der Waals surface area contributed by atoms with Crippen molar-refractivity contribution in [1.29, 1.82) is 0 Å². The van der Waals surface area contributed by atoms with Gasteiger partial charge in [0.2, 0.25) is 0 Å². The molecule has 0 aliphatic rings. The Kier molecular flexibility index (Phi) is 3.71. The summed E-state index contributed by atoms with van der Waals surface area (Å²) in [6, 6.07) is 0. The van der Waals surface area contributed by atoms with Gasteiger partial charge in [-0.1, -0.05) is 26.2 Å². The summed E-state index contributed by atoms with van der Waals surface area (Å²) in [7, 11) is -1.46. The van der Waals surface area contributed by atoms with Gasteiger partial charge in [0, 0.05) is 6.92 Å². The molecule has 0 saturated heterocycles. The summed E-state index contributed by atoms with van der Waals surface area (Å²) in [5.41, 5.74) is 0.902. The highest BCUT2D eigenvalue weighted by atomic mass is 28.3. The van der Waals surface area contributed by atoms with E-state index in [0.717, 1.165) is 5.57 Å². The topological polar surface area (TPSA) is 26.3 Å². The van der Waals surface area contributed by atoms with Gasteiger partial charge in [-0.2, -0.15) is 0 Å². The zero-order chi connectivity index (χ0) is 9.94. The van der Waals surface area contributed by atoms with E-state index in [1.807, 2.05) is 6.92 Å². The molecule has 0 N–H and O–H groups in total. The normalized spacial score (nSPS) is 13.8. The van der Waals surface area contributed by atoms with Crippen LogP contribution in [0.2, 0.25) is 19.6 Å². The zero-order valence-corrected chi connectivity index (χ0v) is 9.60. The highest BCUT2D eigenvalue weighted by Crippen LogP contribution is 2.17. The number of carbonyl (C=O) groups excluding carboxylic acids is 1. The van der Waals surface area contributed by atoms with Crippen LogP contribution in [0, 0.1) is 0 Å². The van der Waals surface area contributed by atoms with Gasteiger partial charge in [-0.3, -0.25) is 4.79 Å². The number of esters is 1. The minimum absolute atomic E-state index is 0.0463. The second-order valence-electron chi connectivity index (χ2n) is 4.20. The molecule has 0 radical (unpaired) electrons. The number of rotatable bonds is 3. The summed E-state index contributed by atoms with van der Waals surface area (Å²) < 4.78 is 5.20. The summed E-state index contributed by atoms with van der Waals surface area (Å²) in [6.07, 6.45) is 0. The van der Waals surface area contributed by atoms with Crippen LogP contribution >= 0.6 is 0 Å². The summed E-state index contributed by atoms with van der Waals surface area (Å²) >= 11 is 0. The van der Waals surface area contributed by atoms with Crippen molar-refractivity contribution in [3.8, 4) is 0 Å². The standard InChI is InChI=1S/C9H18O2Si/c1-7(2)9(11-8(3)10)12(4,5)6/h9H,1H2,2-6H3. The van der Waals surface area contributed by atoms with E-state index < -0.39 is 8.07 Å². The predicted molar refractivity (Wildman–Crippen MR) is 53.7 cm³/mol. The molecule has 2 nitrogen and oxygen atoms in total. The van der Waals surface area contributed by atoms with Gasteiger partial charge in [0.25, 0.3) is 0 Å². The van der Waals surface area contributed by atoms with Crippen molar-refractivity contribution in [3.63, 3.8) is 0 Å². The van der Waals surface area contributed by atoms with E-state index in [-0.39, 0.29) is 11.7 Å². The highest BCUT2D eigenvalue weighted by molar-refractivity contribution is 6.78.